The van der Waals surface area contributed by atoms with Gasteiger partial charge < -0.3 is 15.2 Å². The number of carbonyl (C=O) groups excluding carboxylic acids is 1. The standard InChI is InChI=1S/C10H18N2O4/c1-7(10(14)15)11-6-9(13)12-8-2-4-16-5-3-8/h7-8,11H,2-6H2,1H3,(H,12,13)(H,14,15). The smallest absolute Gasteiger partial charge is 0.320 e. The van der Waals surface area contributed by atoms with E-state index in [0.29, 0.717) is 13.2 Å². The van der Waals surface area contributed by atoms with E-state index < -0.39 is 12.0 Å². The molecule has 0 radical (unpaired) electrons. The van der Waals surface area contributed by atoms with E-state index in [0.717, 1.165) is 12.8 Å². The van der Waals surface area contributed by atoms with Crippen LogP contribution >= 0.6 is 0 Å². The first-order chi connectivity index (χ1) is 7.59. The second-order valence-electron chi connectivity index (χ2n) is 3.89. The average Bonchev–Trinajstić information content (AvgIpc) is 2.27. The van der Waals surface area contributed by atoms with Crippen LogP contribution in [0.3, 0.4) is 0 Å². The largest absolute Gasteiger partial charge is 0.480 e. The highest BCUT2D eigenvalue weighted by Crippen LogP contribution is 2.05. The van der Waals surface area contributed by atoms with Crippen molar-refractivity contribution < 1.29 is 19.4 Å². The summed E-state index contributed by atoms with van der Waals surface area (Å²) in [5.74, 6) is -1.13. The van der Waals surface area contributed by atoms with Crippen molar-refractivity contribution >= 4 is 11.9 Å². The molecule has 0 aliphatic carbocycles. The van der Waals surface area contributed by atoms with E-state index in [1.165, 1.54) is 6.92 Å². The molecule has 6 heteroatoms. The van der Waals surface area contributed by atoms with Crippen LogP contribution in [0.5, 0.6) is 0 Å². The third kappa shape index (κ3) is 4.59. The summed E-state index contributed by atoms with van der Waals surface area (Å²) < 4.78 is 5.17. The van der Waals surface area contributed by atoms with Crippen LogP contribution in [-0.2, 0) is 14.3 Å². The topological polar surface area (TPSA) is 87.7 Å². The van der Waals surface area contributed by atoms with E-state index in [2.05, 4.69) is 10.6 Å². The van der Waals surface area contributed by atoms with Crippen LogP contribution in [0.15, 0.2) is 0 Å². The Balaban J connectivity index is 2.17. The quantitative estimate of drug-likeness (QED) is 0.584. The first kappa shape index (κ1) is 12.9. The van der Waals surface area contributed by atoms with Crippen LogP contribution in [0, 0.1) is 0 Å². The predicted octanol–water partition coefficient (Wildman–Crippen LogP) is -0.656. The minimum Gasteiger partial charge on any atom is -0.480 e. The van der Waals surface area contributed by atoms with Gasteiger partial charge in [0.15, 0.2) is 0 Å². The van der Waals surface area contributed by atoms with E-state index in [9.17, 15) is 9.59 Å². The number of amides is 1. The zero-order valence-electron chi connectivity index (χ0n) is 9.36. The number of rotatable bonds is 5. The number of carboxylic acid groups (broad SMARTS) is 1. The third-order valence-electron chi connectivity index (χ3n) is 2.53. The van der Waals surface area contributed by atoms with E-state index in [-0.39, 0.29) is 18.5 Å². The Bertz CT molecular complexity index is 251. The molecule has 1 heterocycles. The molecule has 1 fully saturated rings. The minimum atomic E-state index is -0.959. The summed E-state index contributed by atoms with van der Waals surface area (Å²) in [6.45, 7) is 2.88. The highest BCUT2D eigenvalue weighted by Gasteiger charge is 2.17. The summed E-state index contributed by atoms with van der Waals surface area (Å²) in [6, 6.07) is -0.552. The van der Waals surface area contributed by atoms with Gasteiger partial charge in [-0.1, -0.05) is 0 Å². The van der Waals surface area contributed by atoms with Crippen molar-refractivity contribution in [1.29, 1.82) is 0 Å². The molecule has 0 spiro atoms. The molecule has 16 heavy (non-hydrogen) atoms. The molecule has 0 saturated carbocycles. The van der Waals surface area contributed by atoms with E-state index in [1.54, 1.807) is 0 Å². The summed E-state index contributed by atoms with van der Waals surface area (Å²) in [4.78, 5) is 21.9. The van der Waals surface area contributed by atoms with Gasteiger partial charge in [-0.2, -0.15) is 0 Å². The molecule has 1 saturated heterocycles. The van der Waals surface area contributed by atoms with Gasteiger partial charge in [0.2, 0.25) is 5.91 Å². The van der Waals surface area contributed by atoms with E-state index in [4.69, 9.17) is 9.84 Å². The van der Waals surface area contributed by atoms with Crippen molar-refractivity contribution in [3.8, 4) is 0 Å². The van der Waals surface area contributed by atoms with Crippen LogP contribution in [0.4, 0.5) is 0 Å². The second-order valence-corrected chi connectivity index (χ2v) is 3.89. The van der Waals surface area contributed by atoms with Gasteiger partial charge in [-0.05, 0) is 19.8 Å². The summed E-state index contributed by atoms with van der Waals surface area (Å²) >= 11 is 0. The molecule has 6 nitrogen and oxygen atoms in total. The van der Waals surface area contributed by atoms with Gasteiger partial charge in [0, 0.05) is 19.3 Å². The van der Waals surface area contributed by atoms with Crippen LogP contribution in [0.1, 0.15) is 19.8 Å². The molecule has 1 aliphatic rings. The van der Waals surface area contributed by atoms with Crippen LogP contribution in [0.25, 0.3) is 0 Å². The number of carboxylic acids is 1. The Morgan fingerprint density at radius 2 is 2.06 bits per heavy atom. The summed E-state index contributed by atoms with van der Waals surface area (Å²) in [5.41, 5.74) is 0. The Morgan fingerprint density at radius 1 is 1.44 bits per heavy atom. The third-order valence-corrected chi connectivity index (χ3v) is 2.53. The fourth-order valence-electron chi connectivity index (χ4n) is 1.45. The van der Waals surface area contributed by atoms with E-state index in [1.807, 2.05) is 0 Å². The molecule has 1 aliphatic heterocycles. The highest BCUT2D eigenvalue weighted by molar-refractivity contribution is 5.80. The molecular formula is C10H18N2O4. The maximum atomic E-state index is 11.4. The number of nitrogens with one attached hydrogen (secondary N) is 2. The Labute approximate surface area is 94.3 Å². The molecule has 0 aromatic rings. The molecule has 1 amide bonds. The van der Waals surface area contributed by atoms with Crippen molar-refractivity contribution in [1.82, 2.24) is 10.6 Å². The number of hydrogen-bond donors (Lipinski definition) is 3. The summed E-state index contributed by atoms with van der Waals surface area (Å²) in [7, 11) is 0. The molecule has 3 N–H and O–H groups in total. The van der Waals surface area contributed by atoms with Crippen LogP contribution < -0.4 is 10.6 Å². The zero-order valence-corrected chi connectivity index (χ0v) is 9.36. The predicted molar refractivity (Wildman–Crippen MR) is 57.1 cm³/mol. The maximum Gasteiger partial charge on any atom is 0.320 e. The lowest BCUT2D eigenvalue weighted by molar-refractivity contribution is -0.139. The van der Waals surface area contributed by atoms with Gasteiger partial charge in [-0.3, -0.25) is 14.9 Å². The monoisotopic (exact) mass is 230 g/mol. The molecule has 1 unspecified atom stereocenters. The Hall–Kier alpha value is -1.14. The van der Waals surface area contributed by atoms with Gasteiger partial charge in [-0.15, -0.1) is 0 Å². The first-order valence-corrected chi connectivity index (χ1v) is 5.43. The van der Waals surface area contributed by atoms with Crippen molar-refractivity contribution in [2.45, 2.75) is 31.8 Å². The van der Waals surface area contributed by atoms with Crippen molar-refractivity contribution in [3.05, 3.63) is 0 Å². The fraction of sp³-hybridized carbons (Fsp3) is 0.800. The fourth-order valence-corrected chi connectivity index (χ4v) is 1.45. The van der Waals surface area contributed by atoms with Gasteiger partial charge in [-0.25, -0.2) is 0 Å². The minimum absolute atomic E-state index is 0.0326. The van der Waals surface area contributed by atoms with Gasteiger partial charge in [0.25, 0.3) is 0 Å². The van der Waals surface area contributed by atoms with Gasteiger partial charge >= 0.3 is 5.97 Å². The highest BCUT2D eigenvalue weighted by atomic mass is 16.5. The van der Waals surface area contributed by atoms with Crippen molar-refractivity contribution in [2.75, 3.05) is 19.8 Å². The molecule has 1 atom stereocenters. The molecular weight excluding hydrogens is 212 g/mol. The van der Waals surface area contributed by atoms with Gasteiger partial charge in [0.05, 0.1) is 6.54 Å². The lowest BCUT2D eigenvalue weighted by atomic mass is 10.1. The lowest BCUT2D eigenvalue weighted by Gasteiger charge is -2.23. The Kier molecular flexibility index (Phi) is 5.21. The van der Waals surface area contributed by atoms with Crippen molar-refractivity contribution in [2.24, 2.45) is 0 Å². The normalized spacial score (nSPS) is 19.1. The van der Waals surface area contributed by atoms with Crippen LogP contribution in [-0.4, -0.2) is 48.8 Å². The summed E-state index contributed by atoms with van der Waals surface area (Å²) in [5, 5.41) is 14.1. The number of ether oxygens (including phenoxy) is 1. The van der Waals surface area contributed by atoms with Gasteiger partial charge in [0.1, 0.15) is 6.04 Å². The first-order valence-electron chi connectivity index (χ1n) is 5.43. The Morgan fingerprint density at radius 3 is 2.62 bits per heavy atom. The summed E-state index contributed by atoms with van der Waals surface area (Å²) in [6.07, 6.45) is 1.64. The van der Waals surface area contributed by atoms with E-state index >= 15 is 0 Å². The van der Waals surface area contributed by atoms with Crippen molar-refractivity contribution in [3.63, 3.8) is 0 Å². The number of hydrogen-bond acceptors (Lipinski definition) is 4. The zero-order chi connectivity index (χ0) is 12.0. The molecule has 0 aromatic heterocycles. The average molecular weight is 230 g/mol. The maximum absolute atomic E-state index is 11.4. The molecule has 1 rings (SSSR count). The molecule has 0 aromatic carbocycles. The van der Waals surface area contributed by atoms with Crippen LogP contribution in [0.2, 0.25) is 0 Å². The molecule has 92 valence electrons. The second kappa shape index (κ2) is 6.44. The SMILES string of the molecule is CC(NCC(=O)NC1CCOCC1)C(=O)O. The molecule has 0 bridgehead atoms. The lowest BCUT2D eigenvalue weighted by Crippen LogP contribution is -2.46. The number of aliphatic carboxylic acids is 1. The number of carbonyl (C=O) groups is 2.